The summed E-state index contributed by atoms with van der Waals surface area (Å²) >= 11 is 0. The highest BCUT2D eigenvalue weighted by Crippen LogP contribution is 2.35. The Hall–Kier alpha value is -1.51. The lowest BCUT2D eigenvalue weighted by molar-refractivity contribution is 0.00516. The van der Waals surface area contributed by atoms with Crippen LogP contribution in [0.2, 0.25) is 0 Å². The largest absolute Gasteiger partial charge is 0.446 e. The topological polar surface area (TPSA) is 38.3 Å². The molecule has 0 unspecified atom stereocenters. The molecular weight excluding hydrogens is 274 g/mol. The lowest BCUT2D eigenvalue weighted by Gasteiger charge is -2.36. The van der Waals surface area contributed by atoms with E-state index in [1.165, 1.54) is 6.42 Å². The third-order valence-corrected chi connectivity index (χ3v) is 4.85. The number of nitrogens with one attached hydrogen (secondary N) is 1. The molecule has 122 valence electrons. The predicted octanol–water partition coefficient (Wildman–Crippen LogP) is 4.93. The van der Waals surface area contributed by atoms with E-state index in [4.69, 9.17) is 4.74 Å². The zero-order valence-corrected chi connectivity index (χ0v) is 14.2. The number of ether oxygens (including phenoxy) is 1. The number of hydrogen-bond donors (Lipinski definition) is 1. The Kier molecular flexibility index (Phi) is 5.87. The second kappa shape index (κ2) is 7.66. The molecule has 0 radical (unpaired) electrons. The quantitative estimate of drug-likeness (QED) is 0.856. The minimum atomic E-state index is -0.291. The van der Waals surface area contributed by atoms with Crippen molar-refractivity contribution >= 4 is 6.09 Å². The zero-order chi connectivity index (χ0) is 16.1. The Morgan fingerprint density at radius 3 is 2.50 bits per heavy atom. The van der Waals surface area contributed by atoms with Crippen LogP contribution in [0.5, 0.6) is 0 Å². The first-order valence-electron chi connectivity index (χ1n) is 8.49. The van der Waals surface area contributed by atoms with E-state index in [0.29, 0.717) is 17.8 Å². The van der Waals surface area contributed by atoms with E-state index < -0.39 is 0 Å². The number of benzene rings is 1. The molecule has 1 aliphatic rings. The van der Waals surface area contributed by atoms with Crippen molar-refractivity contribution in [3.8, 4) is 0 Å². The Morgan fingerprint density at radius 1 is 1.18 bits per heavy atom. The second-order valence-electron chi connectivity index (χ2n) is 7.05. The fourth-order valence-electron chi connectivity index (χ4n) is 3.42. The lowest BCUT2D eigenvalue weighted by atomic mass is 9.75. The van der Waals surface area contributed by atoms with Gasteiger partial charge in [0.25, 0.3) is 0 Å². The van der Waals surface area contributed by atoms with Crippen LogP contribution >= 0.6 is 0 Å². The Balaban J connectivity index is 1.92. The average molecular weight is 303 g/mol. The Labute approximate surface area is 134 Å². The summed E-state index contributed by atoms with van der Waals surface area (Å²) in [5.74, 6) is 1.67. The van der Waals surface area contributed by atoms with E-state index in [0.717, 1.165) is 18.4 Å². The van der Waals surface area contributed by atoms with Crippen molar-refractivity contribution in [2.45, 2.75) is 59.1 Å². The number of hydrogen-bond acceptors (Lipinski definition) is 2. The number of rotatable bonds is 4. The molecule has 0 bridgehead atoms. The molecule has 0 aromatic heterocycles. The summed E-state index contributed by atoms with van der Waals surface area (Å²) in [4.78, 5) is 12.2. The molecule has 1 aliphatic carbocycles. The van der Waals surface area contributed by atoms with Gasteiger partial charge in [0, 0.05) is 0 Å². The van der Waals surface area contributed by atoms with Crippen molar-refractivity contribution in [2.75, 3.05) is 0 Å². The smallest absolute Gasteiger partial charge is 0.407 e. The minimum Gasteiger partial charge on any atom is -0.446 e. The summed E-state index contributed by atoms with van der Waals surface area (Å²) in [5.41, 5.74) is 1.09. The van der Waals surface area contributed by atoms with Gasteiger partial charge in [0.05, 0.1) is 6.04 Å². The van der Waals surface area contributed by atoms with Crippen LogP contribution in [0.1, 0.15) is 58.6 Å². The molecule has 1 amide bonds. The molecular formula is C19H29NO2. The number of amides is 1. The summed E-state index contributed by atoms with van der Waals surface area (Å²) < 4.78 is 5.78. The van der Waals surface area contributed by atoms with Gasteiger partial charge in [0.1, 0.15) is 6.10 Å². The summed E-state index contributed by atoms with van der Waals surface area (Å²) in [6.45, 7) is 8.68. The van der Waals surface area contributed by atoms with Gasteiger partial charge in [-0.1, -0.05) is 57.5 Å². The normalized spacial score (nSPS) is 26.5. The van der Waals surface area contributed by atoms with Gasteiger partial charge < -0.3 is 10.1 Å². The molecule has 3 heteroatoms. The van der Waals surface area contributed by atoms with E-state index in [-0.39, 0.29) is 18.2 Å². The summed E-state index contributed by atoms with van der Waals surface area (Å²) in [7, 11) is 0. The standard InChI is InChI=1S/C19H29NO2/c1-13(2)17-11-10-14(3)12-18(17)22-19(21)20-15(4)16-8-6-5-7-9-16/h5-9,13-15,17-18H,10-12H2,1-4H3,(H,20,21)/t14-,15+,17-,18-/m1/s1. The highest BCUT2D eigenvalue weighted by atomic mass is 16.6. The monoisotopic (exact) mass is 303 g/mol. The molecule has 1 saturated carbocycles. The highest BCUT2D eigenvalue weighted by Gasteiger charge is 2.33. The number of alkyl carbamates (subject to hydrolysis) is 1. The van der Waals surface area contributed by atoms with Gasteiger partial charge in [-0.3, -0.25) is 0 Å². The van der Waals surface area contributed by atoms with Crippen LogP contribution in [0, 0.1) is 17.8 Å². The molecule has 0 spiro atoms. The maximum atomic E-state index is 12.2. The average Bonchev–Trinajstić information content (AvgIpc) is 2.47. The number of carbonyl (C=O) groups is 1. The molecule has 0 aliphatic heterocycles. The van der Waals surface area contributed by atoms with E-state index >= 15 is 0 Å². The second-order valence-corrected chi connectivity index (χ2v) is 7.05. The fraction of sp³-hybridized carbons (Fsp3) is 0.632. The van der Waals surface area contributed by atoms with Crippen LogP contribution in [0.4, 0.5) is 4.79 Å². The molecule has 0 heterocycles. The van der Waals surface area contributed by atoms with E-state index in [2.05, 4.69) is 26.1 Å². The van der Waals surface area contributed by atoms with Gasteiger partial charge in [0.15, 0.2) is 0 Å². The molecule has 1 N–H and O–H groups in total. The highest BCUT2D eigenvalue weighted by molar-refractivity contribution is 5.68. The van der Waals surface area contributed by atoms with Crippen molar-refractivity contribution in [3.05, 3.63) is 35.9 Å². The van der Waals surface area contributed by atoms with Crippen molar-refractivity contribution in [3.63, 3.8) is 0 Å². The van der Waals surface area contributed by atoms with Gasteiger partial charge in [-0.05, 0) is 43.1 Å². The molecule has 0 saturated heterocycles. The van der Waals surface area contributed by atoms with Crippen LogP contribution in [-0.2, 0) is 4.74 Å². The molecule has 2 rings (SSSR count). The SMILES string of the molecule is CC(C)[C@H]1CC[C@@H](C)C[C@H]1OC(=O)N[C@@H](C)c1ccccc1. The lowest BCUT2D eigenvalue weighted by Crippen LogP contribution is -2.39. The van der Waals surface area contributed by atoms with Crippen LogP contribution in [0.25, 0.3) is 0 Å². The minimum absolute atomic E-state index is 0.0350. The van der Waals surface area contributed by atoms with Crippen molar-refractivity contribution in [2.24, 2.45) is 17.8 Å². The molecule has 1 aromatic rings. The first-order valence-corrected chi connectivity index (χ1v) is 8.49. The first kappa shape index (κ1) is 16.9. The zero-order valence-electron chi connectivity index (χ0n) is 14.2. The van der Waals surface area contributed by atoms with Crippen molar-refractivity contribution in [1.82, 2.24) is 5.32 Å². The molecule has 3 nitrogen and oxygen atoms in total. The maximum Gasteiger partial charge on any atom is 0.407 e. The Bertz CT molecular complexity index is 472. The van der Waals surface area contributed by atoms with Crippen LogP contribution < -0.4 is 5.32 Å². The van der Waals surface area contributed by atoms with E-state index in [1.54, 1.807) is 0 Å². The summed E-state index contributed by atoms with van der Waals surface area (Å²) in [5, 5.41) is 2.96. The van der Waals surface area contributed by atoms with E-state index in [1.807, 2.05) is 37.3 Å². The van der Waals surface area contributed by atoms with Gasteiger partial charge in [-0.25, -0.2) is 4.79 Å². The fourth-order valence-corrected chi connectivity index (χ4v) is 3.42. The van der Waals surface area contributed by atoms with E-state index in [9.17, 15) is 4.79 Å². The summed E-state index contributed by atoms with van der Waals surface area (Å²) in [6.07, 6.45) is 3.14. The van der Waals surface area contributed by atoms with Gasteiger partial charge in [-0.2, -0.15) is 0 Å². The molecule has 4 atom stereocenters. The number of carbonyl (C=O) groups excluding carboxylic acids is 1. The van der Waals surface area contributed by atoms with Crippen LogP contribution in [0.15, 0.2) is 30.3 Å². The third kappa shape index (κ3) is 4.49. The van der Waals surface area contributed by atoms with Gasteiger partial charge >= 0.3 is 6.09 Å². The third-order valence-electron chi connectivity index (χ3n) is 4.85. The molecule has 1 fully saturated rings. The maximum absolute atomic E-state index is 12.2. The van der Waals surface area contributed by atoms with Gasteiger partial charge in [-0.15, -0.1) is 0 Å². The van der Waals surface area contributed by atoms with Gasteiger partial charge in [0.2, 0.25) is 0 Å². The summed E-state index contributed by atoms with van der Waals surface area (Å²) in [6, 6.07) is 9.94. The predicted molar refractivity (Wildman–Crippen MR) is 89.6 cm³/mol. The Morgan fingerprint density at radius 2 is 1.86 bits per heavy atom. The molecule has 1 aromatic carbocycles. The molecule has 22 heavy (non-hydrogen) atoms. The van der Waals surface area contributed by atoms with Crippen LogP contribution in [0.3, 0.4) is 0 Å². The van der Waals surface area contributed by atoms with Crippen LogP contribution in [-0.4, -0.2) is 12.2 Å². The first-order chi connectivity index (χ1) is 10.5. The van der Waals surface area contributed by atoms with Crippen molar-refractivity contribution < 1.29 is 9.53 Å². The van der Waals surface area contributed by atoms with Crippen molar-refractivity contribution in [1.29, 1.82) is 0 Å².